The third-order valence-corrected chi connectivity index (χ3v) is 3.20. The van der Waals surface area contributed by atoms with Gasteiger partial charge in [-0.3, -0.25) is 4.79 Å². The first-order chi connectivity index (χ1) is 7.70. The smallest absolute Gasteiger partial charge is 0.234 e. The van der Waals surface area contributed by atoms with E-state index in [-0.39, 0.29) is 11.9 Å². The summed E-state index contributed by atoms with van der Waals surface area (Å²) < 4.78 is 0. The number of hydrogen-bond acceptors (Lipinski definition) is 3. The minimum Gasteiger partial charge on any atom is -0.353 e. The van der Waals surface area contributed by atoms with Gasteiger partial charge in [-0.15, -0.1) is 0 Å². The number of unbranched alkanes of at least 4 members (excludes halogenated alkanes) is 2. The number of rotatable bonds is 10. The van der Waals surface area contributed by atoms with E-state index in [9.17, 15) is 4.79 Å². The molecule has 0 fully saturated rings. The predicted octanol–water partition coefficient (Wildman–Crippen LogP) is 2.02. The van der Waals surface area contributed by atoms with Crippen LogP contribution >= 0.6 is 11.8 Å². The van der Waals surface area contributed by atoms with Crippen LogP contribution in [0.25, 0.3) is 0 Å². The van der Waals surface area contributed by atoms with E-state index in [1.165, 1.54) is 18.6 Å². The zero-order valence-corrected chi connectivity index (χ0v) is 11.7. The summed E-state index contributed by atoms with van der Waals surface area (Å²) in [7, 11) is 0. The van der Waals surface area contributed by atoms with E-state index >= 15 is 0 Å². The molecule has 0 radical (unpaired) electrons. The molecule has 0 saturated carbocycles. The van der Waals surface area contributed by atoms with Gasteiger partial charge in [0.2, 0.25) is 5.91 Å². The van der Waals surface area contributed by atoms with Crippen molar-refractivity contribution in [2.24, 2.45) is 0 Å². The van der Waals surface area contributed by atoms with Gasteiger partial charge in [-0.1, -0.05) is 13.3 Å². The molecule has 0 aliphatic carbocycles. The largest absolute Gasteiger partial charge is 0.353 e. The Kier molecular flexibility index (Phi) is 11.1. The van der Waals surface area contributed by atoms with Crippen molar-refractivity contribution >= 4 is 17.7 Å². The Balaban J connectivity index is 3.21. The molecular formula is C12H26N2OS. The van der Waals surface area contributed by atoms with Crippen LogP contribution in [0.4, 0.5) is 0 Å². The predicted molar refractivity (Wildman–Crippen MR) is 73.0 cm³/mol. The second-order valence-electron chi connectivity index (χ2n) is 4.11. The molecule has 0 spiro atoms. The van der Waals surface area contributed by atoms with E-state index in [2.05, 4.69) is 23.8 Å². The second kappa shape index (κ2) is 11.3. The van der Waals surface area contributed by atoms with Crippen LogP contribution in [0.5, 0.6) is 0 Å². The minimum absolute atomic E-state index is 0.110. The molecule has 1 amide bonds. The SMILES string of the molecule is CCC(C)NC(=O)CNCCCCCSC. The van der Waals surface area contributed by atoms with Gasteiger partial charge in [0.05, 0.1) is 6.54 Å². The van der Waals surface area contributed by atoms with Gasteiger partial charge in [-0.2, -0.15) is 11.8 Å². The van der Waals surface area contributed by atoms with Gasteiger partial charge in [-0.05, 0) is 44.7 Å². The van der Waals surface area contributed by atoms with Gasteiger partial charge >= 0.3 is 0 Å². The summed E-state index contributed by atoms with van der Waals surface area (Å²) in [5.74, 6) is 1.35. The number of nitrogens with one attached hydrogen (secondary N) is 2. The highest BCUT2D eigenvalue weighted by Gasteiger charge is 2.03. The molecule has 0 aliphatic rings. The lowest BCUT2D eigenvalue weighted by Gasteiger charge is -2.11. The Morgan fingerprint density at radius 3 is 2.69 bits per heavy atom. The van der Waals surface area contributed by atoms with E-state index in [0.29, 0.717) is 6.54 Å². The quantitative estimate of drug-likeness (QED) is 0.580. The summed E-state index contributed by atoms with van der Waals surface area (Å²) in [5.41, 5.74) is 0. The highest BCUT2D eigenvalue weighted by atomic mass is 32.2. The van der Waals surface area contributed by atoms with E-state index in [1.807, 2.05) is 18.7 Å². The number of hydrogen-bond donors (Lipinski definition) is 2. The molecule has 3 nitrogen and oxygen atoms in total. The van der Waals surface area contributed by atoms with Crippen LogP contribution in [-0.4, -0.2) is 37.0 Å². The Labute approximate surface area is 104 Å². The monoisotopic (exact) mass is 246 g/mol. The molecule has 0 aliphatic heterocycles. The fourth-order valence-electron chi connectivity index (χ4n) is 1.30. The molecular weight excluding hydrogens is 220 g/mol. The average molecular weight is 246 g/mol. The Hall–Kier alpha value is -0.220. The number of amides is 1. The molecule has 0 aromatic carbocycles. The van der Waals surface area contributed by atoms with Gasteiger partial charge in [0.25, 0.3) is 0 Å². The summed E-state index contributed by atoms with van der Waals surface area (Å²) in [6.45, 7) is 5.50. The fraction of sp³-hybridized carbons (Fsp3) is 0.917. The zero-order valence-electron chi connectivity index (χ0n) is 10.8. The van der Waals surface area contributed by atoms with Crippen LogP contribution in [0.1, 0.15) is 39.5 Å². The van der Waals surface area contributed by atoms with Gasteiger partial charge in [0.15, 0.2) is 0 Å². The molecule has 4 heteroatoms. The molecule has 0 aromatic heterocycles. The van der Waals surface area contributed by atoms with Crippen LogP contribution in [0.2, 0.25) is 0 Å². The number of carbonyl (C=O) groups excluding carboxylic acids is 1. The lowest BCUT2D eigenvalue weighted by Crippen LogP contribution is -2.38. The molecule has 16 heavy (non-hydrogen) atoms. The molecule has 0 aromatic rings. The topological polar surface area (TPSA) is 41.1 Å². The molecule has 1 atom stereocenters. The van der Waals surface area contributed by atoms with Gasteiger partial charge in [0.1, 0.15) is 0 Å². The van der Waals surface area contributed by atoms with Crippen LogP contribution in [0.15, 0.2) is 0 Å². The van der Waals surface area contributed by atoms with Crippen LogP contribution in [0, 0.1) is 0 Å². The Morgan fingerprint density at radius 2 is 2.06 bits per heavy atom. The molecule has 0 heterocycles. The van der Waals surface area contributed by atoms with Crippen molar-refractivity contribution in [3.63, 3.8) is 0 Å². The third kappa shape index (κ3) is 10.3. The van der Waals surface area contributed by atoms with Crippen molar-refractivity contribution in [1.29, 1.82) is 0 Å². The first-order valence-electron chi connectivity index (χ1n) is 6.19. The van der Waals surface area contributed by atoms with Crippen molar-refractivity contribution < 1.29 is 4.79 Å². The maximum atomic E-state index is 11.4. The van der Waals surface area contributed by atoms with Gasteiger partial charge in [-0.25, -0.2) is 0 Å². The zero-order chi connectivity index (χ0) is 12.2. The fourth-order valence-corrected chi connectivity index (χ4v) is 1.80. The average Bonchev–Trinajstić information content (AvgIpc) is 2.27. The molecule has 2 N–H and O–H groups in total. The van der Waals surface area contributed by atoms with Crippen molar-refractivity contribution in [2.75, 3.05) is 25.1 Å². The van der Waals surface area contributed by atoms with Crippen LogP contribution in [0.3, 0.4) is 0 Å². The van der Waals surface area contributed by atoms with Crippen LogP contribution in [-0.2, 0) is 4.79 Å². The lowest BCUT2D eigenvalue weighted by atomic mass is 10.2. The summed E-state index contributed by atoms with van der Waals surface area (Å²) in [5, 5.41) is 6.11. The van der Waals surface area contributed by atoms with Gasteiger partial charge < -0.3 is 10.6 Å². The maximum Gasteiger partial charge on any atom is 0.234 e. The van der Waals surface area contributed by atoms with Crippen molar-refractivity contribution in [1.82, 2.24) is 10.6 Å². The highest BCUT2D eigenvalue weighted by Crippen LogP contribution is 2.00. The highest BCUT2D eigenvalue weighted by molar-refractivity contribution is 7.98. The molecule has 0 rings (SSSR count). The molecule has 96 valence electrons. The third-order valence-electron chi connectivity index (χ3n) is 2.51. The lowest BCUT2D eigenvalue weighted by molar-refractivity contribution is -0.120. The van der Waals surface area contributed by atoms with Crippen molar-refractivity contribution in [3.8, 4) is 0 Å². The van der Waals surface area contributed by atoms with E-state index in [1.54, 1.807) is 0 Å². The Bertz CT molecular complexity index is 176. The van der Waals surface area contributed by atoms with Gasteiger partial charge in [0, 0.05) is 6.04 Å². The summed E-state index contributed by atoms with van der Waals surface area (Å²) >= 11 is 1.90. The summed E-state index contributed by atoms with van der Waals surface area (Å²) in [6, 6.07) is 0.288. The van der Waals surface area contributed by atoms with E-state index in [4.69, 9.17) is 0 Å². The van der Waals surface area contributed by atoms with Crippen molar-refractivity contribution in [3.05, 3.63) is 0 Å². The van der Waals surface area contributed by atoms with E-state index in [0.717, 1.165) is 19.4 Å². The number of thioether (sulfide) groups is 1. The van der Waals surface area contributed by atoms with E-state index < -0.39 is 0 Å². The second-order valence-corrected chi connectivity index (χ2v) is 5.09. The maximum absolute atomic E-state index is 11.4. The molecule has 1 unspecified atom stereocenters. The normalized spacial score (nSPS) is 12.4. The van der Waals surface area contributed by atoms with Crippen molar-refractivity contribution in [2.45, 2.75) is 45.6 Å². The number of carbonyl (C=O) groups is 1. The summed E-state index contributed by atoms with van der Waals surface area (Å²) in [4.78, 5) is 11.4. The first-order valence-corrected chi connectivity index (χ1v) is 7.59. The first kappa shape index (κ1) is 15.8. The standard InChI is InChI=1S/C12H26N2OS/c1-4-11(2)14-12(15)10-13-8-6-5-7-9-16-3/h11,13H,4-10H2,1-3H3,(H,14,15). The minimum atomic E-state index is 0.110. The summed E-state index contributed by atoms with van der Waals surface area (Å²) in [6.07, 6.45) is 6.82. The molecule has 0 bridgehead atoms. The molecule has 0 saturated heterocycles. The Morgan fingerprint density at radius 1 is 1.31 bits per heavy atom. The van der Waals surface area contributed by atoms with Crippen LogP contribution < -0.4 is 10.6 Å².